The number of hydrogen-bond acceptors (Lipinski definition) is 5. The van der Waals surface area contributed by atoms with E-state index in [1.165, 1.54) is 15.9 Å². The summed E-state index contributed by atoms with van der Waals surface area (Å²) < 4.78 is 7.13. The van der Waals surface area contributed by atoms with Crippen molar-refractivity contribution in [3.8, 4) is 11.4 Å². The monoisotopic (exact) mass is 309 g/mol. The Bertz CT molecular complexity index is 1060. The van der Waals surface area contributed by atoms with Crippen molar-refractivity contribution in [2.45, 2.75) is 6.92 Å². The summed E-state index contributed by atoms with van der Waals surface area (Å²) in [5.41, 5.74) is 1.86. The van der Waals surface area contributed by atoms with Gasteiger partial charge < -0.3 is 4.42 Å². The number of thiazole rings is 1. The zero-order chi connectivity index (χ0) is 15.1. The Hall–Kier alpha value is -2.73. The van der Waals surface area contributed by atoms with Crippen molar-refractivity contribution in [1.29, 1.82) is 0 Å². The molecule has 3 heterocycles. The van der Waals surface area contributed by atoms with Crippen molar-refractivity contribution in [1.82, 2.24) is 14.6 Å². The van der Waals surface area contributed by atoms with Gasteiger partial charge in [0.15, 0.2) is 5.82 Å². The number of furan rings is 1. The lowest BCUT2D eigenvalue weighted by molar-refractivity contribution is 0.556. The fourth-order valence-electron chi connectivity index (χ4n) is 2.24. The molecule has 0 N–H and O–H groups in total. The first-order valence-electron chi connectivity index (χ1n) is 6.72. The Morgan fingerprint density at radius 1 is 1.27 bits per heavy atom. The van der Waals surface area contributed by atoms with Gasteiger partial charge in [-0.15, -0.1) is 5.10 Å². The van der Waals surface area contributed by atoms with Gasteiger partial charge in [-0.3, -0.25) is 4.79 Å². The van der Waals surface area contributed by atoms with Gasteiger partial charge in [0.1, 0.15) is 10.3 Å². The summed E-state index contributed by atoms with van der Waals surface area (Å²) in [6.45, 7) is 2.01. The number of aromatic nitrogens is 3. The van der Waals surface area contributed by atoms with Gasteiger partial charge in [0.25, 0.3) is 5.56 Å². The van der Waals surface area contributed by atoms with E-state index in [4.69, 9.17) is 4.42 Å². The molecule has 1 aromatic carbocycles. The summed E-state index contributed by atoms with van der Waals surface area (Å²) in [5.74, 6) is 1.21. The van der Waals surface area contributed by atoms with E-state index in [0.29, 0.717) is 21.1 Å². The van der Waals surface area contributed by atoms with E-state index in [-0.39, 0.29) is 5.56 Å². The van der Waals surface area contributed by atoms with E-state index in [9.17, 15) is 4.79 Å². The molecule has 0 fully saturated rings. The zero-order valence-electron chi connectivity index (χ0n) is 11.7. The minimum atomic E-state index is -0.178. The fraction of sp³-hybridized carbons (Fsp3) is 0.0625. The fourth-order valence-corrected chi connectivity index (χ4v) is 3.13. The van der Waals surface area contributed by atoms with Gasteiger partial charge in [0.05, 0.1) is 6.26 Å². The van der Waals surface area contributed by atoms with Crippen molar-refractivity contribution >= 4 is 22.4 Å². The predicted molar refractivity (Wildman–Crippen MR) is 84.8 cm³/mol. The van der Waals surface area contributed by atoms with Gasteiger partial charge in [-0.2, -0.15) is 9.50 Å². The number of nitrogens with zero attached hydrogens (tertiary/aromatic N) is 3. The van der Waals surface area contributed by atoms with Crippen LogP contribution in [0.15, 0.2) is 51.9 Å². The molecule has 0 amide bonds. The highest BCUT2D eigenvalue weighted by Crippen LogP contribution is 2.17. The van der Waals surface area contributed by atoms with Crippen LogP contribution in [0, 0.1) is 6.92 Å². The summed E-state index contributed by atoms with van der Waals surface area (Å²) in [6.07, 6.45) is 3.28. The van der Waals surface area contributed by atoms with Crippen LogP contribution in [-0.2, 0) is 0 Å². The Morgan fingerprint density at radius 3 is 2.91 bits per heavy atom. The van der Waals surface area contributed by atoms with E-state index in [1.807, 2.05) is 31.2 Å². The minimum Gasteiger partial charge on any atom is -0.465 e. The third-order valence-corrected chi connectivity index (χ3v) is 4.23. The van der Waals surface area contributed by atoms with E-state index < -0.39 is 0 Å². The van der Waals surface area contributed by atoms with Crippen molar-refractivity contribution in [3.05, 3.63) is 68.9 Å². The number of aryl methyl sites for hydroxylation is 1. The SMILES string of the molecule is Cc1cccc(-c2nc3sc(=Cc4ccco4)c(=O)n3n2)c1. The van der Waals surface area contributed by atoms with Crippen molar-refractivity contribution in [2.75, 3.05) is 0 Å². The molecule has 0 radical (unpaired) electrons. The lowest BCUT2D eigenvalue weighted by atomic mass is 10.1. The van der Waals surface area contributed by atoms with Crippen LogP contribution in [0.4, 0.5) is 0 Å². The maximum Gasteiger partial charge on any atom is 0.291 e. The molecule has 0 aliphatic heterocycles. The Morgan fingerprint density at radius 2 is 2.18 bits per heavy atom. The standard InChI is InChI=1S/C16H11N3O2S/c1-10-4-2-5-11(8-10)14-17-16-19(18-14)15(20)13(22-16)9-12-6-3-7-21-12/h2-9H,1H3. The Balaban J connectivity index is 1.86. The summed E-state index contributed by atoms with van der Waals surface area (Å²) >= 11 is 1.30. The third kappa shape index (κ3) is 2.14. The quantitative estimate of drug-likeness (QED) is 0.570. The molecule has 0 spiro atoms. The summed E-state index contributed by atoms with van der Waals surface area (Å²) in [7, 11) is 0. The lowest BCUT2D eigenvalue weighted by Crippen LogP contribution is -2.23. The molecular formula is C16H11N3O2S. The second-order valence-corrected chi connectivity index (χ2v) is 5.94. The predicted octanol–water partition coefficient (Wildman–Crippen LogP) is 2.27. The van der Waals surface area contributed by atoms with Crippen LogP contribution in [0.3, 0.4) is 0 Å². The average Bonchev–Trinajstić information content (AvgIpc) is 3.20. The minimum absolute atomic E-state index is 0.178. The first-order valence-corrected chi connectivity index (χ1v) is 7.54. The molecule has 0 unspecified atom stereocenters. The summed E-state index contributed by atoms with van der Waals surface area (Å²) in [4.78, 5) is 17.4. The molecule has 22 heavy (non-hydrogen) atoms. The molecule has 0 atom stereocenters. The third-order valence-electron chi connectivity index (χ3n) is 3.27. The normalized spacial score (nSPS) is 12.3. The highest BCUT2D eigenvalue weighted by molar-refractivity contribution is 7.15. The summed E-state index contributed by atoms with van der Waals surface area (Å²) in [5, 5.41) is 4.33. The second kappa shape index (κ2) is 4.92. The van der Waals surface area contributed by atoms with Crippen LogP contribution >= 0.6 is 11.3 Å². The molecule has 5 nitrogen and oxygen atoms in total. The van der Waals surface area contributed by atoms with E-state index in [1.54, 1.807) is 24.5 Å². The highest BCUT2D eigenvalue weighted by atomic mass is 32.1. The second-order valence-electron chi connectivity index (χ2n) is 4.93. The highest BCUT2D eigenvalue weighted by Gasteiger charge is 2.12. The molecule has 108 valence electrons. The molecule has 3 aromatic heterocycles. The summed E-state index contributed by atoms with van der Waals surface area (Å²) in [6, 6.07) is 11.5. The van der Waals surface area contributed by atoms with Gasteiger partial charge in [-0.25, -0.2) is 0 Å². The molecule has 0 bridgehead atoms. The number of rotatable bonds is 2. The first kappa shape index (κ1) is 13.0. The number of hydrogen-bond donors (Lipinski definition) is 0. The van der Waals surface area contributed by atoms with Crippen LogP contribution in [0.1, 0.15) is 11.3 Å². The van der Waals surface area contributed by atoms with Gasteiger partial charge in [0.2, 0.25) is 4.96 Å². The molecule has 0 aliphatic carbocycles. The van der Waals surface area contributed by atoms with E-state index in [0.717, 1.165) is 11.1 Å². The Kier molecular flexibility index (Phi) is 2.90. The number of benzene rings is 1. The maximum absolute atomic E-state index is 12.4. The van der Waals surface area contributed by atoms with Crippen molar-refractivity contribution in [3.63, 3.8) is 0 Å². The number of fused-ring (bicyclic) bond motifs is 1. The van der Waals surface area contributed by atoms with Crippen LogP contribution in [0.2, 0.25) is 0 Å². The van der Waals surface area contributed by atoms with Gasteiger partial charge in [-0.05, 0) is 25.1 Å². The van der Waals surface area contributed by atoms with Crippen molar-refractivity contribution < 1.29 is 4.42 Å². The van der Waals surface area contributed by atoms with Gasteiger partial charge >= 0.3 is 0 Å². The lowest BCUT2D eigenvalue weighted by Gasteiger charge is -1.95. The topological polar surface area (TPSA) is 60.4 Å². The average molecular weight is 309 g/mol. The van der Waals surface area contributed by atoms with Crippen LogP contribution < -0.4 is 10.1 Å². The van der Waals surface area contributed by atoms with Crippen molar-refractivity contribution in [2.24, 2.45) is 0 Å². The maximum atomic E-state index is 12.4. The molecule has 4 aromatic rings. The smallest absolute Gasteiger partial charge is 0.291 e. The Labute approximate surface area is 129 Å². The zero-order valence-corrected chi connectivity index (χ0v) is 12.5. The molecule has 0 saturated carbocycles. The first-order chi connectivity index (χ1) is 10.7. The van der Waals surface area contributed by atoms with Crippen LogP contribution in [0.25, 0.3) is 22.4 Å². The largest absolute Gasteiger partial charge is 0.465 e. The van der Waals surface area contributed by atoms with E-state index >= 15 is 0 Å². The molecule has 6 heteroatoms. The van der Waals surface area contributed by atoms with Gasteiger partial charge in [-0.1, -0.05) is 35.1 Å². The van der Waals surface area contributed by atoms with Gasteiger partial charge in [0, 0.05) is 11.6 Å². The molecule has 0 saturated heterocycles. The molecular weight excluding hydrogens is 298 g/mol. The van der Waals surface area contributed by atoms with Crippen LogP contribution in [0.5, 0.6) is 0 Å². The molecule has 4 rings (SSSR count). The van der Waals surface area contributed by atoms with E-state index in [2.05, 4.69) is 10.1 Å². The van der Waals surface area contributed by atoms with Crippen LogP contribution in [-0.4, -0.2) is 14.6 Å². The molecule has 0 aliphatic rings.